The van der Waals surface area contributed by atoms with E-state index in [1.165, 1.54) is 12.1 Å². The van der Waals surface area contributed by atoms with Gasteiger partial charge < -0.3 is 5.32 Å². The summed E-state index contributed by atoms with van der Waals surface area (Å²) in [4.78, 5) is 0. The first-order valence-corrected chi connectivity index (χ1v) is 5.88. The average molecular weight is 268 g/mol. The Labute approximate surface area is 109 Å². The molecule has 1 nitrogen and oxygen atoms in total. The van der Waals surface area contributed by atoms with Crippen LogP contribution < -0.4 is 5.32 Å². The van der Waals surface area contributed by atoms with Crippen LogP contribution in [-0.2, 0) is 6.54 Å². The second kappa shape index (κ2) is 5.46. The van der Waals surface area contributed by atoms with Crippen LogP contribution in [0.3, 0.4) is 0 Å². The maximum absolute atomic E-state index is 13.1. The lowest BCUT2D eigenvalue weighted by Gasteiger charge is -2.07. The Kier molecular flexibility index (Phi) is 3.94. The van der Waals surface area contributed by atoms with Crippen LogP contribution in [0.1, 0.15) is 5.56 Å². The maximum atomic E-state index is 13.1. The standard InChI is InChI=1S/C14H12ClF2N/c1-18-8-11-3-2-9(6-12(11)15)10-4-5-13(16)14(17)7-10/h2-7,18H,8H2,1H3. The Hall–Kier alpha value is -1.45. The largest absolute Gasteiger partial charge is 0.316 e. The zero-order valence-corrected chi connectivity index (χ0v) is 10.6. The van der Waals surface area contributed by atoms with Crippen molar-refractivity contribution < 1.29 is 8.78 Å². The summed E-state index contributed by atoms with van der Waals surface area (Å²) in [6, 6.07) is 9.27. The second-order valence-electron chi connectivity index (χ2n) is 3.97. The first-order chi connectivity index (χ1) is 8.61. The molecular formula is C14H12ClF2N. The number of rotatable bonds is 3. The van der Waals surface area contributed by atoms with Crippen molar-refractivity contribution in [3.8, 4) is 11.1 Å². The molecule has 0 unspecified atom stereocenters. The molecular weight excluding hydrogens is 256 g/mol. The number of nitrogens with one attached hydrogen (secondary N) is 1. The monoisotopic (exact) mass is 267 g/mol. The summed E-state index contributed by atoms with van der Waals surface area (Å²) in [6.45, 7) is 0.664. The van der Waals surface area contributed by atoms with Crippen LogP contribution in [0.4, 0.5) is 8.78 Å². The van der Waals surface area contributed by atoms with Gasteiger partial charge in [-0.2, -0.15) is 0 Å². The van der Waals surface area contributed by atoms with Gasteiger partial charge >= 0.3 is 0 Å². The minimum atomic E-state index is -0.858. The lowest BCUT2D eigenvalue weighted by atomic mass is 10.0. The van der Waals surface area contributed by atoms with E-state index >= 15 is 0 Å². The van der Waals surface area contributed by atoms with Crippen molar-refractivity contribution in [2.75, 3.05) is 7.05 Å². The van der Waals surface area contributed by atoms with E-state index in [0.29, 0.717) is 17.1 Å². The lowest BCUT2D eigenvalue weighted by molar-refractivity contribution is 0.509. The molecule has 0 atom stereocenters. The van der Waals surface area contributed by atoms with Gasteiger partial charge in [0.25, 0.3) is 0 Å². The Bertz CT molecular complexity index is 570. The van der Waals surface area contributed by atoms with Gasteiger partial charge in [0.1, 0.15) is 0 Å². The molecule has 4 heteroatoms. The Morgan fingerprint density at radius 3 is 2.28 bits per heavy atom. The van der Waals surface area contributed by atoms with Crippen molar-refractivity contribution in [3.05, 3.63) is 58.6 Å². The highest BCUT2D eigenvalue weighted by Crippen LogP contribution is 2.26. The van der Waals surface area contributed by atoms with E-state index in [0.717, 1.165) is 17.2 Å². The van der Waals surface area contributed by atoms with Crippen molar-refractivity contribution in [1.29, 1.82) is 0 Å². The number of hydrogen-bond acceptors (Lipinski definition) is 1. The fourth-order valence-corrected chi connectivity index (χ4v) is 1.98. The molecule has 0 heterocycles. The van der Waals surface area contributed by atoms with E-state index in [1.807, 2.05) is 19.2 Å². The number of halogens is 3. The molecule has 2 rings (SSSR count). The van der Waals surface area contributed by atoms with Gasteiger partial charge in [-0.3, -0.25) is 0 Å². The van der Waals surface area contributed by atoms with E-state index in [1.54, 1.807) is 6.07 Å². The van der Waals surface area contributed by atoms with Crippen LogP contribution in [0.2, 0.25) is 5.02 Å². The summed E-state index contributed by atoms with van der Waals surface area (Å²) < 4.78 is 26.0. The van der Waals surface area contributed by atoms with E-state index in [2.05, 4.69) is 5.32 Å². The zero-order chi connectivity index (χ0) is 13.1. The predicted octanol–water partition coefficient (Wildman–Crippen LogP) is 4.00. The molecule has 0 aliphatic heterocycles. The molecule has 0 saturated carbocycles. The van der Waals surface area contributed by atoms with Gasteiger partial charge in [-0.25, -0.2) is 8.78 Å². The van der Waals surface area contributed by atoms with Gasteiger partial charge in [0.15, 0.2) is 11.6 Å². The van der Waals surface area contributed by atoms with Gasteiger partial charge in [-0.15, -0.1) is 0 Å². The molecule has 1 N–H and O–H groups in total. The molecule has 0 aromatic heterocycles. The topological polar surface area (TPSA) is 12.0 Å². The summed E-state index contributed by atoms with van der Waals surface area (Å²) in [7, 11) is 1.83. The van der Waals surface area contributed by atoms with Crippen molar-refractivity contribution in [3.63, 3.8) is 0 Å². The smallest absolute Gasteiger partial charge is 0.159 e. The van der Waals surface area contributed by atoms with Crippen molar-refractivity contribution in [2.45, 2.75) is 6.54 Å². The first kappa shape index (κ1) is 13.0. The molecule has 0 spiro atoms. The van der Waals surface area contributed by atoms with E-state index in [-0.39, 0.29) is 0 Å². The molecule has 2 aromatic rings. The summed E-state index contributed by atoms with van der Waals surface area (Å²) in [5, 5.41) is 3.61. The number of benzene rings is 2. The molecule has 2 aromatic carbocycles. The van der Waals surface area contributed by atoms with Crippen LogP contribution in [0.15, 0.2) is 36.4 Å². The fourth-order valence-electron chi connectivity index (χ4n) is 1.74. The minimum absolute atomic E-state index is 0.603. The molecule has 18 heavy (non-hydrogen) atoms. The third-order valence-electron chi connectivity index (χ3n) is 2.67. The van der Waals surface area contributed by atoms with Gasteiger partial charge in [0, 0.05) is 11.6 Å². The van der Waals surface area contributed by atoms with Crippen LogP contribution >= 0.6 is 11.6 Å². The summed E-state index contributed by atoms with van der Waals surface area (Å²) >= 11 is 6.12. The van der Waals surface area contributed by atoms with Crippen molar-refractivity contribution >= 4 is 11.6 Å². The average Bonchev–Trinajstić information content (AvgIpc) is 2.35. The normalized spacial score (nSPS) is 10.7. The van der Waals surface area contributed by atoms with E-state index in [9.17, 15) is 8.78 Å². The quantitative estimate of drug-likeness (QED) is 0.886. The van der Waals surface area contributed by atoms with Gasteiger partial charge in [0.05, 0.1) is 0 Å². The SMILES string of the molecule is CNCc1ccc(-c2ccc(F)c(F)c2)cc1Cl. The van der Waals surface area contributed by atoms with Crippen LogP contribution in [0.25, 0.3) is 11.1 Å². The molecule has 0 aliphatic carbocycles. The highest BCUT2D eigenvalue weighted by Gasteiger charge is 2.06. The molecule has 0 amide bonds. The third kappa shape index (κ3) is 2.68. The van der Waals surface area contributed by atoms with Crippen LogP contribution in [-0.4, -0.2) is 7.05 Å². The minimum Gasteiger partial charge on any atom is -0.316 e. The molecule has 0 aliphatic rings. The summed E-state index contributed by atoms with van der Waals surface area (Å²) in [5.74, 6) is -1.71. The van der Waals surface area contributed by atoms with Gasteiger partial charge in [-0.1, -0.05) is 29.8 Å². The first-order valence-electron chi connectivity index (χ1n) is 5.50. The predicted molar refractivity (Wildman–Crippen MR) is 69.6 cm³/mol. The second-order valence-corrected chi connectivity index (χ2v) is 4.37. The molecule has 0 radical (unpaired) electrons. The lowest BCUT2D eigenvalue weighted by Crippen LogP contribution is -2.05. The van der Waals surface area contributed by atoms with E-state index < -0.39 is 11.6 Å². The van der Waals surface area contributed by atoms with Crippen molar-refractivity contribution in [1.82, 2.24) is 5.32 Å². The highest BCUT2D eigenvalue weighted by atomic mass is 35.5. The van der Waals surface area contributed by atoms with Crippen LogP contribution in [0.5, 0.6) is 0 Å². The molecule has 0 bridgehead atoms. The van der Waals surface area contributed by atoms with Crippen molar-refractivity contribution in [2.24, 2.45) is 0 Å². The zero-order valence-electron chi connectivity index (χ0n) is 9.81. The van der Waals surface area contributed by atoms with Crippen LogP contribution in [0, 0.1) is 11.6 Å². The molecule has 0 saturated heterocycles. The van der Waals surface area contributed by atoms with Gasteiger partial charge in [0.2, 0.25) is 0 Å². The van der Waals surface area contributed by atoms with E-state index in [4.69, 9.17) is 11.6 Å². The number of hydrogen-bond donors (Lipinski definition) is 1. The summed E-state index contributed by atoms with van der Waals surface area (Å²) in [6.07, 6.45) is 0. The summed E-state index contributed by atoms with van der Waals surface area (Å²) in [5.41, 5.74) is 2.33. The Balaban J connectivity index is 2.39. The molecule has 0 fully saturated rings. The maximum Gasteiger partial charge on any atom is 0.159 e. The highest BCUT2D eigenvalue weighted by molar-refractivity contribution is 6.31. The third-order valence-corrected chi connectivity index (χ3v) is 3.03. The fraction of sp³-hybridized carbons (Fsp3) is 0.143. The Morgan fingerprint density at radius 2 is 1.67 bits per heavy atom. The van der Waals surface area contributed by atoms with Gasteiger partial charge in [-0.05, 0) is 41.9 Å². The Morgan fingerprint density at radius 1 is 1.00 bits per heavy atom. The molecule has 94 valence electrons.